The molecule has 5 N–H and O–H groups in total. The van der Waals surface area contributed by atoms with E-state index in [1.807, 2.05) is 6.07 Å². The van der Waals surface area contributed by atoms with Crippen LogP contribution >= 0.6 is 0 Å². The topological polar surface area (TPSA) is 185 Å². The minimum atomic E-state index is -1.76. The van der Waals surface area contributed by atoms with Crippen LogP contribution < -0.4 is 14.9 Å². The first-order valence-corrected chi connectivity index (χ1v) is 13.1. The second kappa shape index (κ2) is 12.5. The lowest BCUT2D eigenvalue weighted by Crippen LogP contribution is -2.61. The molecule has 0 saturated carbocycles. The Kier molecular flexibility index (Phi) is 8.64. The van der Waals surface area contributed by atoms with E-state index in [2.05, 4.69) is 0 Å². The maximum absolute atomic E-state index is 13.3. The summed E-state index contributed by atoms with van der Waals surface area (Å²) in [5, 5.41) is 52.1. The zero-order valence-corrected chi connectivity index (χ0v) is 22.7. The van der Waals surface area contributed by atoms with Gasteiger partial charge in [0.2, 0.25) is 11.7 Å². The summed E-state index contributed by atoms with van der Waals surface area (Å²) in [4.78, 5) is 25.8. The van der Waals surface area contributed by atoms with Crippen molar-refractivity contribution in [3.05, 3.63) is 88.8 Å². The van der Waals surface area contributed by atoms with Gasteiger partial charge in [0.05, 0.1) is 19.3 Å². The third-order valence-electron chi connectivity index (χ3n) is 6.87. The predicted octanol–water partition coefficient (Wildman–Crippen LogP) is 2.32. The van der Waals surface area contributed by atoms with Crippen LogP contribution in [-0.4, -0.2) is 75.9 Å². The fraction of sp³-hybridized carbons (Fsp3) is 0.226. The quantitative estimate of drug-likeness (QED) is 0.149. The number of rotatable bonds is 8. The predicted molar refractivity (Wildman–Crippen MR) is 152 cm³/mol. The first-order chi connectivity index (χ1) is 20.7. The number of phenols is 2. The molecule has 0 aliphatic carbocycles. The van der Waals surface area contributed by atoms with Crippen molar-refractivity contribution in [2.24, 2.45) is 0 Å². The van der Waals surface area contributed by atoms with Gasteiger partial charge in [-0.25, -0.2) is 4.79 Å². The van der Waals surface area contributed by atoms with Gasteiger partial charge in [-0.2, -0.15) is 0 Å². The Hall–Kier alpha value is -4.88. The van der Waals surface area contributed by atoms with Crippen LogP contribution in [0.3, 0.4) is 0 Å². The Labute approximate surface area is 244 Å². The molecule has 12 heteroatoms. The summed E-state index contributed by atoms with van der Waals surface area (Å²) < 4.78 is 27.2. The van der Waals surface area contributed by atoms with E-state index >= 15 is 0 Å². The highest BCUT2D eigenvalue weighted by atomic mass is 16.7. The average molecular weight is 593 g/mol. The summed E-state index contributed by atoms with van der Waals surface area (Å²) in [6.07, 6.45) is -4.10. The molecule has 2 heterocycles. The smallest absolute Gasteiger partial charge is 0.331 e. The Morgan fingerprint density at radius 1 is 1.00 bits per heavy atom. The zero-order chi connectivity index (χ0) is 30.7. The minimum absolute atomic E-state index is 0.0172. The molecule has 5 atom stereocenters. The molecule has 1 aliphatic rings. The van der Waals surface area contributed by atoms with E-state index in [1.54, 1.807) is 24.3 Å². The molecular weight excluding hydrogens is 564 g/mol. The average Bonchev–Trinajstić information content (AvgIpc) is 3.01. The Morgan fingerprint density at radius 2 is 1.77 bits per heavy atom. The van der Waals surface area contributed by atoms with Crippen molar-refractivity contribution in [1.82, 2.24) is 0 Å². The molecule has 43 heavy (non-hydrogen) atoms. The molecular formula is C31H28O12. The fourth-order valence-corrected chi connectivity index (χ4v) is 4.62. The van der Waals surface area contributed by atoms with Gasteiger partial charge in [0, 0.05) is 18.2 Å². The number of phenolic OH excluding ortho intramolecular Hbond substituents is 2. The maximum Gasteiger partial charge on any atom is 0.331 e. The molecule has 0 amide bonds. The summed E-state index contributed by atoms with van der Waals surface area (Å²) >= 11 is 0. The number of aliphatic hydroxyl groups excluding tert-OH is 3. The lowest BCUT2D eigenvalue weighted by Gasteiger charge is -2.41. The van der Waals surface area contributed by atoms with Gasteiger partial charge < -0.3 is 48.9 Å². The van der Waals surface area contributed by atoms with Gasteiger partial charge in [-0.05, 0) is 29.3 Å². The molecule has 4 aromatic rings. The third kappa shape index (κ3) is 6.17. The molecule has 1 fully saturated rings. The number of aliphatic hydroxyl groups is 3. The van der Waals surface area contributed by atoms with E-state index in [-0.39, 0.29) is 39.3 Å². The number of hydrogen-bond acceptors (Lipinski definition) is 12. The molecule has 3 aromatic carbocycles. The maximum atomic E-state index is 13.3. The molecule has 5 rings (SSSR count). The summed E-state index contributed by atoms with van der Waals surface area (Å²) in [6, 6.07) is 15.5. The fourth-order valence-electron chi connectivity index (χ4n) is 4.62. The van der Waals surface area contributed by atoms with Crippen molar-refractivity contribution in [2.75, 3.05) is 13.7 Å². The number of methoxy groups -OCH3 is 1. The first-order valence-electron chi connectivity index (χ1n) is 13.1. The lowest BCUT2D eigenvalue weighted by molar-refractivity contribution is -0.280. The highest BCUT2D eigenvalue weighted by Gasteiger charge is 2.48. The van der Waals surface area contributed by atoms with Crippen LogP contribution in [0, 0.1) is 0 Å². The molecule has 224 valence electrons. The van der Waals surface area contributed by atoms with Crippen molar-refractivity contribution >= 4 is 23.0 Å². The number of esters is 1. The third-order valence-corrected chi connectivity index (χ3v) is 6.87. The highest BCUT2D eigenvalue weighted by Crippen LogP contribution is 2.36. The van der Waals surface area contributed by atoms with Crippen LogP contribution in [0.4, 0.5) is 0 Å². The van der Waals surface area contributed by atoms with Crippen LogP contribution in [0.25, 0.3) is 28.2 Å². The van der Waals surface area contributed by atoms with Crippen molar-refractivity contribution < 1.29 is 53.7 Å². The number of aromatic hydroxyl groups is 2. The van der Waals surface area contributed by atoms with Crippen LogP contribution in [0.15, 0.2) is 82.2 Å². The molecule has 0 unspecified atom stereocenters. The van der Waals surface area contributed by atoms with Crippen molar-refractivity contribution in [3.63, 3.8) is 0 Å². The number of benzene rings is 3. The Morgan fingerprint density at radius 3 is 2.49 bits per heavy atom. The van der Waals surface area contributed by atoms with E-state index in [1.165, 1.54) is 49.8 Å². The van der Waals surface area contributed by atoms with Crippen LogP contribution in [-0.2, 0) is 14.3 Å². The van der Waals surface area contributed by atoms with Crippen LogP contribution in [0.5, 0.6) is 23.0 Å². The Balaban J connectivity index is 1.40. The first kappa shape index (κ1) is 29.6. The second-order valence-corrected chi connectivity index (χ2v) is 9.65. The molecule has 0 radical (unpaired) electrons. The number of carbonyl (C=O) groups is 1. The SMILES string of the molecule is COc1cc(O)c2c(=O)c(-c3ccc(O)c(O[C@@H]4O[C@H](CO)[C@@H](O)[C@H](OC(=O)C=Cc5ccccc5)[C@H]4O)c3)coc2c1. The lowest BCUT2D eigenvalue weighted by atomic mass is 9.99. The largest absolute Gasteiger partial charge is 0.507 e. The number of ether oxygens (including phenoxy) is 4. The van der Waals surface area contributed by atoms with Crippen molar-refractivity contribution in [3.8, 4) is 34.1 Å². The van der Waals surface area contributed by atoms with Crippen molar-refractivity contribution in [1.29, 1.82) is 0 Å². The normalized spacial score (nSPS) is 22.0. The molecule has 1 saturated heterocycles. The van der Waals surface area contributed by atoms with Crippen LogP contribution in [0.1, 0.15) is 5.56 Å². The van der Waals surface area contributed by atoms with E-state index in [0.29, 0.717) is 5.56 Å². The van der Waals surface area contributed by atoms with E-state index in [9.17, 15) is 35.1 Å². The van der Waals surface area contributed by atoms with Gasteiger partial charge in [0.25, 0.3) is 0 Å². The van der Waals surface area contributed by atoms with Crippen molar-refractivity contribution in [2.45, 2.75) is 30.7 Å². The van der Waals surface area contributed by atoms with E-state index < -0.39 is 54.5 Å². The van der Waals surface area contributed by atoms with E-state index in [4.69, 9.17) is 23.4 Å². The molecule has 0 bridgehead atoms. The second-order valence-electron chi connectivity index (χ2n) is 9.65. The number of fused-ring (bicyclic) bond motifs is 1. The van der Waals surface area contributed by atoms with Gasteiger partial charge >= 0.3 is 5.97 Å². The van der Waals surface area contributed by atoms with E-state index in [0.717, 1.165) is 6.08 Å². The molecule has 1 aliphatic heterocycles. The monoisotopic (exact) mass is 592 g/mol. The summed E-state index contributed by atoms with van der Waals surface area (Å²) in [5.41, 5.74) is 0.464. The molecule has 1 aromatic heterocycles. The minimum Gasteiger partial charge on any atom is -0.507 e. The van der Waals surface area contributed by atoms with Crippen LogP contribution in [0.2, 0.25) is 0 Å². The zero-order valence-electron chi connectivity index (χ0n) is 22.7. The molecule has 12 nitrogen and oxygen atoms in total. The summed E-state index contributed by atoms with van der Waals surface area (Å²) in [6.45, 7) is -0.708. The standard InChI is InChI=1S/C31H28O12/c1-39-18-12-21(34)26-23(13-18)40-15-19(27(26)36)17-8-9-20(33)22(11-17)41-31-29(38)30(28(37)24(14-32)42-31)43-25(35)10-7-16-5-3-2-4-6-16/h2-13,15,24,28-34,37-38H,14H2,1H3/t24-,28-,29-,30+,31-/m1/s1. The highest BCUT2D eigenvalue weighted by molar-refractivity contribution is 5.88. The number of hydrogen-bond donors (Lipinski definition) is 5. The number of carbonyl (C=O) groups excluding carboxylic acids is 1. The van der Waals surface area contributed by atoms with Gasteiger partial charge in [-0.3, -0.25) is 4.79 Å². The van der Waals surface area contributed by atoms with Gasteiger partial charge in [-0.15, -0.1) is 0 Å². The van der Waals surface area contributed by atoms with Gasteiger partial charge in [0.1, 0.15) is 40.9 Å². The summed E-state index contributed by atoms with van der Waals surface area (Å²) in [7, 11) is 1.40. The summed E-state index contributed by atoms with van der Waals surface area (Å²) in [5.74, 6) is -1.59. The molecule has 0 spiro atoms. The van der Waals surface area contributed by atoms with Gasteiger partial charge in [0.15, 0.2) is 23.7 Å². The van der Waals surface area contributed by atoms with Gasteiger partial charge in [-0.1, -0.05) is 36.4 Å². The Bertz CT molecular complexity index is 1700.